The van der Waals surface area contributed by atoms with E-state index in [9.17, 15) is 0 Å². The van der Waals surface area contributed by atoms with Gasteiger partial charge in [-0.15, -0.1) is 0 Å². The van der Waals surface area contributed by atoms with Crippen LogP contribution >= 0.6 is 14.5 Å². The Morgan fingerprint density at radius 3 is 0.362 bits per heavy atom. The van der Waals surface area contributed by atoms with Crippen LogP contribution in [0.4, 0.5) is 0 Å². The van der Waals surface area contributed by atoms with Crippen LogP contribution < -0.4 is 0 Å². The summed E-state index contributed by atoms with van der Waals surface area (Å²) < 4.78 is 0. The fourth-order valence-electron chi connectivity index (χ4n) is 10.3. The molecule has 2 heteroatoms. The summed E-state index contributed by atoms with van der Waals surface area (Å²) in [4.78, 5) is 0. The van der Waals surface area contributed by atoms with Crippen molar-refractivity contribution in [3.8, 4) is 0 Å². The molecule has 0 bridgehead atoms. The van der Waals surface area contributed by atoms with Crippen LogP contribution in [0.25, 0.3) is 0 Å². The van der Waals surface area contributed by atoms with Crippen LogP contribution in [0, 0.1) is 0 Å². The smallest absolute Gasteiger partial charge is 0.0594 e. The van der Waals surface area contributed by atoms with Gasteiger partial charge in [0, 0.05) is 14.5 Å². The van der Waals surface area contributed by atoms with Crippen molar-refractivity contribution < 1.29 is 0 Å². The van der Waals surface area contributed by atoms with Gasteiger partial charge in [0.05, 0.1) is 49.3 Å². The Kier molecular flexibility index (Phi) is 48.0. The van der Waals surface area contributed by atoms with Crippen molar-refractivity contribution in [1.29, 1.82) is 0 Å². The Hall–Kier alpha value is 0.860. The molecular formula is C56H118P2+2. The molecule has 58 heavy (non-hydrogen) atoms. The van der Waals surface area contributed by atoms with E-state index in [1.807, 2.05) is 0 Å². The van der Waals surface area contributed by atoms with E-state index in [-0.39, 0.29) is 0 Å². The van der Waals surface area contributed by atoms with Crippen LogP contribution in [-0.4, -0.2) is 49.3 Å². The van der Waals surface area contributed by atoms with E-state index in [0.717, 1.165) is 0 Å². The van der Waals surface area contributed by atoms with Gasteiger partial charge in [0.15, 0.2) is 0 Å². The molecule has 0 aromatic heterocycles. The predicted molar refractivity (Wildman–Crippen MR) is 281 cm³/mol. The normalized spacial score (nSPS) is 12.3. The van der Waals surface area contributed by atoms with E-state index < -0.39 is 14.5 Å². The van der Waals surface area contributed by atoms with Crippen molar-refractivity contribution in [2.24, 2.45) is 0 Å². The van der Waals surface area contributed by atoms with E-state index in [1.165, 1.54) is 205 Å². The standard InChI is InChI=1S/C56H118P2/c1-7-13-19-25-33-41-49-57(50-42-34-26-20-14-8-2,51-43-35-27-21-15-9-3)55-47-39-31-32-40-48-56-58(52-44-36-28-22-16-10-4,53-45-37-29-23-17-11-5)54-46-38-30-24-18-12-6/h7-56H2,1-6H3/q+2. The van der Waals surface area contributed by atoms with Gasteiger partial charge in [-0.05, 0) is 103 Å². The second-order valence-electron chi connectivity index (χ2n) is 20.2. The molecule has 0 saturated heterocycles. The molecule has 0 aliphatic rings. The minimum atomic E-state index is -0.803. The van der Waals surface area contributed by atoms with Crippen LogP contribution in [0.15, 0.2) is 0 Å². The maximum atomic E-state index is 2.37. The molecule has 0 spiro atoms. The highest BCUT2D eigenvalue weighted by Gasteiger charge is 2.36. The highest BCUT2D eigenvalue weighted by atomic mass is 31.2. The third kappa shape index (κ3) is 38.5. The Morgan fingerprint density at radius 1 is 0.138 bits per heavy atom. The third-order valence-corrected chi connectivity index (χ3v) is 24.6. The fraction of sp³-hybridized carbons (Fsp3) is 1.00. The van der Waals surface area contributed by atoms with Crippen LogP contribution in [0.3, 0.4) is 0 Å². The Labute approximate surface area is 373 Å². The first kappa shape index (κ1) is 58.9. The van der Waals surface area contributed by atoms with Crippen LogP contribution in [0.2, 0.25) is 0 Å². The average molecular weight is 854 g/mol. The molecular weight excluding hydrogens is 735 g/mol. The molecule has 0 heterocycles. The zero-order valence-corrected chi connectivity index (χ0v) is 44.0. The van der Waals surface area contributed by atoms with Crippen molar-refractivity contribution >= 4 is 14.5 Å². The zero-order chi connectivity index (χ0) is 42.4. The van der Waals surface area contributed by atoms with Crippen LogP contribution in [-0.2, 0) is 0 Å². The minimum absolute atomic E-state index is 0.803. The van der Waals surface area contributed by atoms with E-state index in [1.54, 1.807) is 114 Å². The summed E-state index contributed by atoms with van der Waals surface area (Å²) in [5.74, 6) is 0. The lowest BCUT2D eigenvalue weighted by molar-refractivity contribution is 0.608. The van der Waals surface area contributed by atoms with Crippen molar-refractivity contribution in [2.45, 2.75) is 311 Å². The molecule has 0 aromatic carbocycles. The molecule has 350 valence electrons. The number of hydrogen-bond donors (Lipinski definition) is 0. The van der Waals surface area contributed by atoms with E-state index in [4.69, 9.17) is 0 Å². The van der Waals surface area contributed by atoms with E-state index in [2.05, 4.69) is 41.5 Å². The van der Waals surface area contributed by atoms with Gasteiger partial charge in [-0.1, -0.05) is 208 Å². The van der Waals surface area contributed by atoms with Crippen molar-refractivity contribution in [1.82, 2.24) is 0 Å². The van der Waals surface area contributed by atoms with Gasteiger partial charge in [-0.3, -0.25) is 0 Å². The van der Waals surface area contributed by atoms with Gasteiger partial charge in [-0.2, -0.15) is 0 Å². The number of unbranched alkanes of at least 4 members (excludes halogenated alkanes) is 35. The number of hydrogen-bond acceptors (Lipinski definition) is 0. The van der Waals surface area contributed by atoms with Crippen molar-refractivity contribution in [3.63, 3.8) is 0 Å². The average Bonchev–Trinajstić information content (AvgIpc) is 3.23. The minimum Gasteiger partial charge on any atom is -0.0654 e. The fourth-order valence-corrected chi connectivity index (χ4v) is 20.1. The van der Waals surface area contributed by atoms with Gasteiger partial charge in [-0.25, -0.2) is 0 Å². The van der Waals surface area contributed by atoms with Gasteiger partial charge in [0.1, 0.15) is 0 Å². The van der Waals surface area contributed by atoms with Gasteiger partial charge >= 0.3 is 0 Å². The molecule has 0 aliphatic heterocycles. The molecule has 0 nitrogen and oxygen atoms in total. The summed E-state index contributed by atoms with van der Waals surface area (Å²) in [7, 11) is -1.61. The van der Waals surface area contributed by atoms with Crippen molar-refractivity contribution in [2.75, 3.05) is 49.3 Å². The molecule has 0 atom stereocenters. The molecule has 0 fully saturated rings. The topological polar surface area (TPSA) is 0 Å². The summed E-state index contributed by atoms with van der Waals surface area (Å²) in [6, 6.07) is 0. The number of rotatable bonds is 51. The Morgan fingerprint density at radius 2 is 0.241 bits per heavy atom. The largest absolute Gasteiger partial charge is 0.0654 e. The predicted octanol–water partition coefficient (Wildman–Crippen LogP) is 21.5. The summed E-state index contributed by atoms with van der Waals surface area (Å²) >= 11 is 0. The molecule has 0 saturated carbocycles. The summed E-state index contributed by atoms with van der Waals surface area (Å²) in [6.07, 6.45) is 76.0. The molecule has 0 aromatic rings. The lowest BCUT2D eigenvalue weighted by Gasteiger charge is -2.29. The highest BCUT2D eigenvalue weighted by molar-refractivity contribution is 7.76. The van der Waals surface area contributed by atoms with Gasteiger partial charge in [0.25, 0.3) is 0 Å². The molecule has 0 rings (SSSR count). The first-order chi connectivity index (χ1) is 28.6. The first-order valence-corrected chi connectivity index (χ1v) is 33.3. The summed E-state index contributed by atoms with van der Waals surface area (Å²) in [5, 5.41) is 0. The second-order valence-corrected chi connectivity index (χ2v) is 29.1. The van der Waals surface area contributed by atoms with Crippen LogP contribution in [0.1, 0.15) is 311 Å². The third-order valence-electron chi connectivity index (χ3n) is 14.4. The highest BCUT2D eigenvalue weighted by Crippen LogP contribution is 2.62. The lowest BCUT2D eigenvalue weighted by Crippen LogP contribution is -2.14. The quantitative estimate of drug-likeness (QED) is 0.0422. The molecule has 0 radical (unpaired) electrons. The first-order valence-electron chi connectivity index (χ1n) is 28.3. The van der Waals surface area contributed by atoms with Gasteiger partial charge in [0.2, 0.25) is 0 Å². The summed E-state index contributed by atoms with van der Waals surface area (Å²) in [6.45, 7) is 14.2. The van der Waals surface area contributed by atoms with Crippen LogP contribution in [0.5, 0.6) is 0 Å². The molecule has 0 unspecified atom stereocenters. The van der Waals surface area contributed by atoms with Gasteiger partial charge < -0.3 is 0 Å². The Bertz CT molecular complexity index is 603. The Balaban J connectivity index is 5.36. The maximum absolute atomic E-state index is 2.37. The lowest BCUT2D eigenvalue weighted by atomic mass is 10.1. The van der Waals surface area contributed by atoms with E-state index >= 15 is 0 Å². The monoisotopic (exact) mass is 853 g/mol. The van der Waals surface area contributed by atoms with Crippen molar-refractivity contribution in [3.05, 3.63) is 0 Å². The SMILES string of the molecule is CCCCCCCC[P+](CCCCCCCC)(CCCCCCCC)CCCCCCCC[P+](CCCCCCCC)(CCCCCCCC)CCCCCCCC. The summed E-state index contributed by atoms with van der Waals surface area (Å²) in [5.41, 5.74) is 0. The van der Waals surface area contributed by atoms with E-state index in [0.29, 0.717) is 0 Å². The second kappa shape index (κ2) is 47.3. The zero-order valence-electron chi connectivity index (χ0n) is 42.2. The molecule has 0 amide bonds. The molecule has 0 N–H and O–H groups in total. The molecule has 0 aliphatic carbocycles. The maximum Gasteiger partial charge on any atom is 0.0594 e.